The molecule has 3 rings (SSSR count). The maximum absolute atomic E-state index is 13.1. The standard InChI is InChI=1S/C20H21F3N2O3/c1-2-25(11-14-13-27-17-9-5-6-10-18(17)28-14)12-19(26)24-16-8-4-3-7-15(16)20(21,22)23/h3-10,14H,2,11-13H2,1H3,(H,24,26). The molecule has 150 valence electrons. The molecule has 8 heteroatoms. The zero-order valence-electron chi connectivity index (χ0n) is 15.3. The zero-order chi connectivity index (χ0) is 20.1. The fraction of sp³-hybridized carbons (Fsp3) is 0.350. The number of ether oxygens (including phenoxy) is 2. The highest BCUT2D eigenvalue weighted by atomic mass is 19.4. The molecule has 0 radical (unpaired) electrons. The van der Waals surface area contributed by atoms with Crippen LogP contribution in [0.4, 0.5) is 18.9 Å². The normalized spacial score (nSPS) is 16.1. The van der Waals surface area contributed by atoms with Crippen LogP contribution in [-0.2, 0) is 11.0 Å². The summed E-state index contributed by atoms with van der Waals surface area (Å²) in [7, 11) is 0. The summed E-state index contributed by atoms with van der Waals surface area (Å²) in [6.07, 6.45) is -4.81. The van der Waals surface area contributed by atoms with E-state index in [1.807, 2.05) is 25.1 Å². The number of para-hydroxylation sites is 3. The number of rotatable bonds is 6. The van der Waals surface area contributed by atoms with Crippen molar-refractivity contribution in [1.82, 2.24) is 4.90 Å². The minimum atomic E-state index is -4.53. The number of likely N-dealkylation sites (N-methyl/N-ethyl adjacent to an activating group) is 1. The lowest BCUT2D eigenvalue weighted by Crippen LogP contribution is -2.43. The number of carbonyl (C=O) groups is 1. The Morgan fingerprint density at radius 1 is 1.14 bits per heavy atom. The van der Waals surface area contributed by atoms with E-state index in [0.29, 0.717) is 31.2 Å². The van der Waals surface area contributed by atoms with Gasteiger partial charge in [0, 0.05) is 6.54 Å². The largest absolute Gasteiger partial charge is 0.486 e. The molecular weight excluding hydrogens is 373 g/mol. The summed E-state index contributed by atoms with van der Waals surface area (Å²) in [6.45, 7) is 3.11. The van der Waals surface area contributed by atoms with E-state index in [1.165, 1.54) is 18.2 Å². The molecule has 0 fully saturated rings. The van der Waals surface area contributed by atoms with Gasteiger partial charge in [-0.15, -0.1) is 0 Å². The fourth-order valence-corrected chi connectivity index (χ4v) is 2.98. The Morgan fingerprint density at radius 2 is 1.82 bits per heavy atom. The number of benzene rings is 2. The summed E-state index contributed by atoms with van der Waals surface area (Å²) in [5.74, 6) is 0.789. The van der Waals surface area contributed by atoms with Crippen LogP contribution < -0.4 is 14.8 Å². The van der Waals surface area contributed by atoms with Gasteiger partial charge in [-0.2, -0.15) is 13.2 Å². The van der Waals surface area contributed by atoms with E-state index in [-0.39, 0.29) is 18.3 Å². The Balaban J connectivity index is 1.59. The molecule has 0 bridgehead atoms. The third kappa shape index (κ3) is 4.95. The van der Waals surface area contributed by atoms with Crippen molar-refractivity contribution >= 4 is 11.6 Å². The Morgan fingerprint density at radius 3 is 2.54 bits per heavy atom. The molecule has 2 aromatic rings. The van der Waals surface area contributed by atoms with E-state index in [9.17, 15) is 18.0 Å². The molecule has 2 aromatic carbocycles. The molecule has 0 spiro atoms. The average molecular weight is 394 g/mol. The second-order valence-corrected chi connectivity index (χ2v) is 6.42. The van der Waals surface area contributed by atoms with Gasteiger partial charge in [0.05, 0.1) is 17.8 Å². The quantitative estimate of drug-likeness (QED) is 0.810. The summed E-state index contributed by atoms with van der Waals surface area (Å²) in [6, 6.07) is 12.2. The number of hydrogen-bond acceptors (Lipinski definition) is 4. The van der Waals surface area contributed by atoms with Crippen LogP contribution in [0.3, 0.4) is 0 Å². The summed E-state index contributed by atoms with van der Waals surface area (Å²) < 4.78 is 50.7. The van der Waals surface area contributed by atoms with Crippen LogP contribution in [0, 0.1) is 0 Å². The Kier molecular flexibility index (Phi) is 6.08. The second kappa shape index (κ2) is 8.52. The molecule has 1 aliphatic heterocycles. The van der Waals surface area contributed by atoms with Crippen molar-refractivity contribution in [3.8, 4) is 11.5 Å². The van der Waals surface area contributed by atoms with E-state index in [0.717, 1.165) is 6.07 Å². The topological polar surface area (TPSA) is 50.8 Å². The van der Waals surface area contributed by atoms with E-state index in [2.05, 4.69) is 5.32 Å². The number of carbonyl (C=O) groups excluding carboxylic acids is 1. The first-order valence-electron chi connectivity index (χ1n) is 8.93. The van der Waals surface area contributed by atoms with Crippen LogP contribution in [0.1, 0.15) is 12.5 Å². The van der Waals surface area contributed by atoms with E-state index < -0.39 is 17.6 Å². The number of hydrogen-bond donors (Lipinski definition) is 1. The monoisotopic (exact) mass is 394 g/mol. The first-order chi connectivity index (χ1) is 13.4. The third-order valence-corrected chi connectivity index (χ3v) is 4.35. The summed E-state index contributed by atoms with van der Waals surface area (Å²) in [5.41, 5.74) is -1.12. The van der Waals surface area contributed by atoms with Crippen molar-refractivity contribution in [1.29, 1.82) is 0 Å². The number of anilines is 1. The van der Waals surface area contributed by atoms with Crippen LogP contribution in [0.2, 0.25) is 0 Å². The van der Waals surface area contributed by atoms with Crippen molar-refractivity contribution in [3.63, 3.8) is 0 Å². The lowest BCUT2D eigenvalue weighted by molar-refractivity contribution is -0.137. The lowest BCUT2D eigenvalue weighted by Gasteiger charge is -2.30. The number of amides is 1. The van der Waals surface area contributed by atoms with Gasteiger partial charge in [0.2, 0.25) is 5.91 Å². The lowest BCUT2D eigenvalue weighted by atomic mass is 10.1. The molecule has 0 saturated heterocycles. The van der Waals surface area contributed by atoms with Crippen LogP contribution in [0.5, 0.6) is 11.5 Å². The molecule has 1 aliphatic rings. The van der Waals surface area contributed by atoms with Crippen LogP contribution >= 0.6 is 0 Å². The highest BCUT2D eigenvalue weighted by Crippen LogP contribution is 2.34. The number of fused-ring (bicyclic) bond motifs is 1. The molecule has 0 saturated carbocycles. The molecule has 1 heterocycles. The molecular formula is C20H21F3N2O3. The Bertz CT molecular complexity index is 826. The molecule has 1 N–H and O–H groups in total. The highest BCUT2D eigenvalue weighted by molar-refractivity contribution is 5.93. The van der Waals surface area contributed by atoms with E-state index >= 15 is 0 Å². The fourth-order valence-electron chi connectivity index (χ4n) is 2.98. The van der Waals surface area contributed by atoms with Gasteiger partial charge in [-0.05, 0) is 30.8 Å². The van der Waals surface area contributed by atoms with Crippen LogP contribution in [0.25, 0.3) is 0 Å². The van der Waals surface area contributed by atoms with Crippen molar-refractivity contribution in [3.05, 3.63) is 54.1 Å². The summed E-state index contributed by atoms with van der Waals surface area (Å²) >= 11 is 0. The van der Waals surface area contributed by atoms with Gasteiger partial charge in [0.15, 0.2) is 11.5 Å². The second-order valence-electron chi connectivity index (χ2n) is 6.42. The number of alkyl halides is 3. The van der Waals surface area contributed by atoms with Crippen molar-refractivity contribution in [2.75, 3.05) is 31.6 Å². The zero-order valence-corrected chi connectivity index (χ0v) is 15.3. The van der Waals surface area contributed by atoms with Gasteiger partial charge in [-0.1, -0.05) is 31.2 Å². The highest BCUT2D eigenvalue weighted by Gasteiger charge is 2.33. The maximum atomic E-state index is 13.1. The summed E-state index contributed by atoms with van der Waals surface area (Å²) in [4.78, 5) is 14.1. The molecule has 28 heavy (non-hydrogen) atoms. The first kappa shape index (κ1) is 20.0. The first-order valence-corrected chi connectivity index (χ1v) is 8.93. The van der Waals surface area contributed by atoms with Crippen LogP contribution in [-0.4, -0.2) is 43.2 Å². The van der Waals surface area contributed by atoms with Gasteiger partial charge >= 0.3 is 6.18 Å². The Labute approximate surface area is 161 Å². The maximum Gasteiger partial charge on any atom is 0.418 e. The van der Waals surface area contributed by atoms with Gasteiger partial charge in [-0.25, -0.2) is 0 Å². The molecule has 5 nitrogen and oxygen atoms in total. The predicted molar refractivity (Wildman–Crippen MR) is 98.5 cm³/mol. The smallest absolute Gasteiger partial charge is 0.418 e. The van der Waals surface area contributed by atoms with Crippen molar-refractivity contribution < 1.29 is 27.4 Å². The third-order valence-electron chi connectivity index (χ3n) is 4.35. The van der Waals surface area contributed by atoms with Gasteiger partial charge in [0.25, 0.3) is 0 Å². The van der Waals surface area contributed by atoms with Gasteiger partial charge in [-0.3, -0.25) is 9.69 Å². The average Bonchev–Trinajstić information content (AvgIpc) is 2.67. The SMILES string of the molecule is CCN(CC(=O)Nc1ccccc1C(F)(F)F)CC1COc2ccccc2O1. The number of nitrogens with zero attached hydrogens (tertiary/aromatic N) is 1. The molecule has 1 unspecified atom stereocenters. The number of halogens is 3. The van der Waals surface area contributed by atoms with E-state index in [1.54, 1.807) is 11.0 Å². The van der Waals surface area contributed by atoms with Gasteiger partial charge < -0.3 is 14.8 Å². The molecule has 0 aliphatic carbocycles. The molecule has 1 amide bonds. The Hall–Kier alpha value is -2.74. The molecule has 0 aromatic heterocycles. The minimum Gasteiger partial charge on any atom is -0.486 e. The summed E-state index contributed by atoms with van der Waals surface area (Å²) in [5, 5.41) is 2.36. The predicted octanol–water partition coefficient (Wildman–Crippen LogP) is 3.81. The minimum absolute atomic E-state index is 0.0514. The van der Waals surface area contributed by atoms with Crippen molar-refractivity contribution in [2.45, 2.75) is 19.2 Å². The van der Waals surface area contributed by atoms with Crippen LogP contribution in [0.15, 0.2) is 48.5 Å². The van der Waals surface area contributed by atoms with Crippen molar-refractivity contribution in [2.24, 2.45) is 0 Å². The van der Waals surface area contributed by atoms with Gasteiger partial charge in [0.1, 0.15) is 12.7 Å². The number of nitrogens with one attached hydrogen (secondary N) is 1. The molecule has 1 atom stereocenters. The van der Waals surface area contributed by atoms with E-state index in [4.69, 9.17) is 9.47 Å².